The van der Waals surface area contributed by atoms with Gasteiger partial charge in [-0.25, -0.2) is 0 Å². The summed E-state index contributed by atoms with van der Waals surface area (Å²) in [5.41, 5.74) is 1.71. The first-order valence-corrected chi connectivity index (χ1v) is 9.50. The first-order chi connectivity index (χ1) is 13.0. The molecule has 2 nitrogen and oxygen atoms in total. The summed E-state index contributed by atoms with van der Waals surface area (Å²) in [5, 5.41) is 0.578. The zero-order chi connectivity index (χ0) is 20.4. The minimum absolute atomic E-state index is 0.186. The molecule has 3 atom stereocenters. The maximum absolute atomic E-state index is 13.6. The summed E-state index contributed by atoms with van der Waals surface area (Å²) in [4.78, 5) is 4.37. The number of nitrogens with zero attached hydrogens (tertiary/aromatic N) is 1. The van der Waals surface area contributed by atoms with E-state index in [0.717, 1.165) is 11.1 Å². The lowest BCUT2D eigenvalue weighted by atomic mass is 9.70. The highest BCUT2D eigenvalue weighted by Gasteiger charge is 2.46. The zero-order valence-electron chi connectivity index (χ0n) is 15.6. The SMILES string of the molecule is CCc1ccc2[nH]c(C(F)(F)F)c3c2c1[C@H]1C[C@H](CC(F)(F)F)CN(C)[C@@H]1C3. The predicted molar refractivity (Wildman–Crippen MR) is 94.3 cm³/mol. The normalized spacial score (nSPS) is 25.9. The van der Waals surface area contributed by atoms with Gasteiger partial charge in [-0.15, -0.1) is 0 Å². The van der Waals surface area contributed by atoms with Gasteiger partial charge in [0.1, 0.15) is 5.69 Å². The summed E-state index contributed by atoms with van der Waals surface area (Å²) in [6.07, 6.45) is -8.40. The van der Waals surface area contributed by atoms with Gasteiger partial charge in [-0.05, 0) is 55.0 Å². The Morgan fingerprint density at radius 3 is 2.46 bits per heavy atom. The van der Waals surface area contributed by atoms with Crippen LogP contribution in [0, 0.1) is 5.92 Å². The minimum Gasteiger partial charge on any atom is -0.351 e. The minimum atomic E-state index is -4.49. The highest BCUT2D eigenvalue weighted by molar-refractivity contribution is 5.91. The molecule has 2 aliphatic rings. The van der Waals surface area contributed by atoms with Gasteiger partial charge in [0.05, 0.1) is 0 Å². The van der Waals surface area contributed by atoms with Crippen LogP contribution in [0.5, 0.6) is 0 Å². The summed E-state index contributed by atoms with van der Waals surface area (Å²) in [7, 11) is 1.73. The monoisotopic (exact) mass is 404 g/mol. The van der Waals surface area contributed by atoms with Gasteiger partial charge in [0.25, 0.3) is 0 Å². The average Bonchev–Trinajstić information content (AvgIpc) is 2.94. The number of likely N-dealkylation sites (tertiary alicyclic amines) is 1. The average molecular weight is 404 g/mol. The summed E-state index contributed by atoms with van der Waals surface area (Å²) < 4.78 is 79.8. The highest BCUT2D eigenvalue weighted by Crippen LogP contribution is 2.50. The molecule has 1 N–H and O–H groups in total. The molecule has 0 amide bonds. The standard InChI is InChI=1S/C20H22F6N2/c1-3-11-4-5-14-17-13(18(27-14)20(24,25)26)7-15-12(16(11)17)6-10(9-28(15)2)8-19(21,22)23/h4-5,10,12,15,27H,3,6-9H2,1-2H3/t10-,12+,15-/m1/s1. The number of fused-ring (bicyclic) bond motifs is 2. The van der Waals surface area contributed by atoms with Crippen LogP contribution in [0.2, 0.25) is 0 Å². The van der Waals surface area contributed by atoms with Gasteiger partial charge in [-0.1, -0.05) is 13.0 Å². The number of likely N-dealkylation sites (N-methyl/N-ethyl adjacent to an activating group) is 1. The second-order valence-electron chi connectivity index (χ2n) is 8.13. The van der Waals surface area contributed by atoms with Gasteiger partial charge in [0.15, 0.2) is 0 Å². The molecular weight excluding hydrogens is 382 g/mol. The van der Waals surface area contributed by atoms with Crippen LogP contribution in [-0.2, 0) is 19.0 Å². The smallest absolute Gasteiger partial charge is 0.351 e. The van der Waals surface area contributed by atoms with E-state index in [0.29, 0.717) is 23.7 Å². The van der Waals surface area contributed by atoms with E-state index in [4.69, 9.17) is 0 Å². The van der Waals surface area contributed by atoms with Crippen molar-refractivity contribution in [3.05, 3.63) is 34.5 Å². The van der Waals surface area contributed by atoms with Gasteiger partial charge in [-0.2, -0.15) is 26.3 Å². The van der Waals surface area contributed by atoms with Gasteiger partial charge in [0, 0.05) is 35.8 Å². The van der Waals surface area contributed by atoms with E-state index in [1.165, 1.54) is 0 Å². The molecule has 1 fully saturated rings. The lowest BCUT2D eigenvalue weighted by Gasteiger charge is -2.46. The summed E-state index contributed by atoms with van der Waals surface area (Å²) >= 11 is 0. The molecule has 1 aromatic heterocycles. The molecule has 28 heavy (non-hydrogen) atoms. The Morgan fingerprint density at radius 2 is 1.86 bits per heavy atom. The van der Waals surface area contributed by atoms with Crippen molar-refractivity contribution in [2.75, 3.05) is 13.6 Å². The number of benzene rings is 1. The number of hydrogen-bond acceptors (Lipinski definition) is 1. The van der Waals surface area contributed by atoms with Gasteiger partial charge < -0.3 is 9.88 Å². The molecule has 1 aliphatic heterocycles. The maximum Gasteiger partial charge on any atom is 0.431 e. The fourth-order valence-electron chi connectivity index (χ4n) is 5.34. The molecular formula is C20H22F6N2. The number of aryl methyl sites for hydroxylation is 1. The molecule has 4 rings (SSSR count). The van der Waals surface area contributed by atoms with Crippen molar-refractivity contribution >= 4 is 10.9 Å². The molecule has 1 saturated heterocycles. The zero-order valence-corrected chi connectivity index (χ0v) is 15.6. The van der Waals surface area contributed by atoms with E-state index in [1.807, 2.05) is 17.9 Å². The van der Waals surface area contributed by atoms with Crippen molar-refractivity contribution in [2.45, 2.75) is 56.9 Å². The third-order valence-corrected chi connectivity index (χ3v) is 6.33. The number of rotatable bonds is 2. The van der Waals surface area contributed by atoms with Crippen LogP contribution in [0.4, 0.5) is 26.3 Å². The fraction of sp³-hybridized carbons (Fsp3) is 0.600. The van der Waals surface area contributed by atoms with Crippen molar-refractivity contribution in [3.63, 3.8) is 0 Å². The third-order valence-electron chi connectivity index (χ3n) is 6.33. The van der Waals surface area contributed by atoms with Crippen molar-refractivity contribution in [2.24, 2.45) is 5.92 Å². The quantitative estimate of drug-likeness (QED) is 0.640. The van der Waals surface area contributed by atoms with Crippen LogP contribution in [-0.4, -0.2) is 35.7 Å². The third kappa shape index (κ3) is 3.19. The molecule has 0 saturated carbocycles. The lowest BCUT2D eigenvalue weighted by molar-refractivity contribution is -0.150. The summed E-state index contributed by atoms with van der Waals surface area (Å²) in [6.45, 7) is 2.18. The number of hydrogen-bond donors (Lipinski definition) is 1. The maximum atomic E-state index is 13.6. The van der Waals surface area contributed by atoms with Crippen LogP contribution in [0.15, 0.2) is 12.1 Å². The summed E-state index contributed by atoms with van der Waals surface area (Å²) in [6, 6.07) is 3.26. The molecule has 2 heterocycles. The molecule has 8 heteroatoms. The van der Waals surface area contributed by atoms with Crippen molar-refractivity contribution in [3.8, 4) is 0 Å². The Kier molecular flexibility index (Phi) is 4.48. The van der Waals surface area contributed by atoms with E-state index in [2.05, 4.69) is 4.98 Å². The van der Waals surface area contributed by atoms with Crippen LogP contribution in [0.1, 0.15) is 48.1 Å². The van der Waals surface area contributed by atoms with Crippen molar-refractivity contribution in [1.82, 2.24) is 9.88 Å². The topological polar surface area (TPSA) is 19.0 Å². The first-order valence-electron chi connectivity index (χ1n) is 9.50. The molecule has 1 aromatic carbocycles. The number of nitrogens with one attached hydrogen (secondary N) is 1. The fourth-order valence-corrected chi connectivity index (χ4v) is 5.34. The van der Waals surface area contributed by atoms with Crippen molar-refractivity contribution < 1.29 is 26.3 Å². The first kappa shape index (κ1) is 19.6. The van der Waals surface area contributed by atoms with E-state index in [9.17, 15) is 26.3 Å². The van der Waals surface area contributed by atoms with E-state index in [-0.39, 0.29) is 30.5 Å². The Bertz CT molecular complexity index is 895. The highest BCUT2D eigenvalue weighted by atomic mass is 19.4. The van der Waals surface area contributed by atoms with E-state index < -0.39 is 30.4 Å². The van der Waals surface area contributed by atoms with Crippen LogP contribution >= 0.6 is 0 Å². The molecule has 1 aliphatic carbocycles. The summed E-state index contributed by atoms with van der Waals surface area (Å²) in [5.74, 6) is -0.733. The molecule has 0 bridgehead atoms. The molecule has 0 radical (unpaired) electrons. The Hall–Kier alpha value is -1.70. The Labute approximate surface area is 158 Å². The molecule has 0 spiro atoms. The lowest BCUT2D eigenvalue weighted by Crippen LogP contribution is -2.49. The number of aromatic amines is 1. The number of halogens is 6. The second-order valence-corrected chi connectivity index (χ2v) is 8.13. The number of aromatic nitrogens is 1. The number of alkyl halides is 6. The van der Waals surface area contributed by atoms with Gasteiger partial charge >= 0.3 is 12.4 Å². The number of H-pyrrole nitrogens is 1. The van der Waals surface area contributed by atoms with Gasteiger partial charge in [-0.3, -0.25) is 0 Å². The Balaban J connectivity index is 1.87. The molecule has 0 unspecified atom stereocenters. The Morgan fingerprint density at radius 1 is 1.14 bits per heavy atom. The molecule has 154 valence electrons. The van der Waals surface area contributed by atoms with Gasteiger partial charge in [0.2, 0.25) is 0 Å². The van der Waals surface area contributed by atoms with E-state index in [1.54, 1.807) is 13.1 Å². The van der Waals surface area contributed by atoms with Crippen LogP contribution in [0.3, 0.4) is 0 Å². The predicted octanol–water partition coefficient (Wildman–Crippen LogP) is 5.66. The van der Waals surface area contributed by atoms with Crippen molar-refractivity contribution in [1.29, 1.82) is 0 Å². The van der Waals surface area contributed by atoms with E-state index >= 15 is 0 Å². The molecule has 2 aromatic rings. The van der Waals surface area contributed by atoms with Crippen LogP contribution in [0.25, 0.3) is 10.9 Å². The second kappa shape index (κ2) is 6.40. The largest absolute Gasteiger partial charge is 0.431 e. The number of piperidine rings is 1. The van der Waals surface area contributed by atoms with Crippen LogP contribution < -0.4 is 0 Å².